The Bertz CT molecular complexity index is 1630. The zero-order valence-corrected chi connectivity index (χ0v) is 23.3. The van der Waals surface area contributed by atoms with Crippen molar-refractivity contribution in [1.29, 1.82) is 5.26 Å². The highest BCUT2D eigenvalue weighted by molar-refractivity contribution is 8.03. The van der Waals surface area contributed by atoms with E-state index < -0.39 is 11.8 Å². The number of fused-ring (bicyclic) bond motifs is 1. The van der Waals surface area contributed by atoms with Crippen LogP contribution in [0.25, 0.3) is 10.2 Å². The Labute approximate surface area is 238 Å². The first kappa shape index (κ1) is 27.1. The lowest BCUT2D eigenvalue weighted by atomic mass is 9.85. The van der Waals surface area contributed by atoms with Crippen molar-refractivity contribution >= 4 is 55.9 Å². The predicted octanol–water partition coefficient (Wildman–Crippen LogP) is 5.99. The van der Waals surface area contributed by atoms with Crippen LogP contribution in [0.2, 0.25) is 0 Å². The Hall–Kier alpha value is -4.53. The monoisotopic (exact) mass is 571 g/mol. The van der Waals surface area contributed by atoms with Crippen LogP contribution in [0.3, 0.4) is 0 Å². The van der Waals surface area contributed by atoms with Gasteiger partial charge in [0.05, 0.1) is 62.7 Å². The Morgan fingerprint density at radius 3 is 2.70 bits per heavy atom. The molecule has 9 nitrogen and oxygen atoms in total. The van der Waals surface area contributed by atoms with Crippen LogP contribution >= 0.6 is 23.1 Å². The summed E-state index contributed by atoms with van der Waals surface area (Å²) in [5.74, 6) is -0.373. The molecule has 2 aromatic carbocycles. The number of benzene rings is 2. The molecule has 4 aromatic rings. The first-order valence-electron chi connectivity index (χ1n) is 12.4. The number of amides is 2. The van der Waals surface area contributed by atoms with Crippen molar-refractivity contribution in [2.45, 2.75) is 19.8 Å². The number of thioether (sulfide) groups is 1. The number of ether oxygens (including phenoxy) is 1. The molecule has 40 heavy (non-hydrogen) atoms. The molecule has 0 spiro atoms. The zero-order valence-electron chi connectivity index (χ0n) is 21.7. The van der Waals surface area contributed by atoms with Gasteiger partial charge in [0.15, 0.2) is 5.13 Å². The van der Waals surface area contributed by atoms with E-state index in [2.05, 4.69) is 27.0 Å². The molecule has 0 saturated heterocycles. The third kappa shape index (κ3) is 5.73. The molecule has 0 radical (unpaired) electrons. The minimum atomic E-state index is -0.764. The Morgan fingerprint density at radius 2 is 1.95 bits per heavy atom. The number of para-hydroxylation sites is 3. The molecule has 3 heterocycles. The summed E-state index contributed by atoms with van der Waals surface area (Å²) < 4.78 is 12.2. The number of carbonyl (C=O) groups excluding carboxylic acids is 2. The molecule has 5 rings (SSSR count). The number of nitrogens with one attached hydrogen (secondary N) is 3. The van der Waals surface area contributed by atoms with Crippen LogP contribution in [0.5, 0.6) is 5.75 Å². The molecule has 0 fully saturated rings. The Kier molecular flexibility index (Phi) is 8.19. The van der Waals surface area contributed by atoms with Gasteiger partial charge < -0.3 is 19.8 Å². The molecule has 0 unspecified atom stereocenters. The van der Waals surface area contributed by atoms with Crippen LogP contribution in [0.15, 0.2) is 93.2 Å². The number of nitrogens with zero attached hydrogens (tertiary/aromatic N) is 2. The third-order valence-electron chi connectivity index (χ3n) is 6.04. The van der Waals surface area contributed by atoms with E-state index in [1.807, 2.05) is 43.3 Å². The standard InChI is InChI=1S/C29H25N5O4S2/c1-3-37-21-11-6-4-9-19(21)32-24(35)16-39-28-18(15-30)26(22-12-8-14-38-22)25(17(2)31-28)27(36)34-29-33-20-10-5-7-13-23(20)40-29/h4-14,26,31H,3,16H2,1-2H3,(H,32,35)(H,33,34,36)/t26-/m0/s1. The van der Waals surface area contributed by atoms with Crippen LogP contribution in [0.4, 0.5) is 10.8 Å². The molecule has 0 aliphatic carbocycles. The third-order valence-corrected chi connectivity index (χ3v) is 8.01. The van der Waals surface area contributed by atoms with E-state index >= 15 is 0 Å². The summed E-state index contributed by atoms with van der Waals surface area (Å²) in [6.45, 7) is 4.10. The number of hydrogen-bond acceptors (Lipinski definition) is 9. The lowest BCUT2D eigenvalue weighted by Crippen LogP contribution is -2.31. The number of anilines is 2. The van der Waals surface area contributed by atoms with Crippen LogP contribution in [0, 0.1) is 11.3 Å². The number of allylic oxidation sites excluding steroid dienone is 2. The van der Waals surface area contributed by atoms with Crippen molar-refractivity contribution in [1.82, 2.24) is 10.3 Å². The number of nitriles is 1. The molecule has 1 aliphatic heterocycles. The number of hydrogen-bond donors (Lipinski definition) is 3. The van der Waals surface area contributed by atoms with Gasteiger partial charge in [-0.3, -0.25) is 14.9 Å². The highest BCUT2D eigenvalue weighted by atomic mass is 32.2. The van der Waals surface area contributed by atoms with Crippen molar-refractivity contribution in [2.75, 3.05) is 23.0 Å². The number of thiazole rings is 1. The predicted molar refractivity (Wildman–Crippen MR) is 157 cm³/mol. The van der Waals surface area contributed by atoms with Gasteiger partial charge in [-0.05, 0) is 50.2 Å². The van der Waals surface area contributed by atoms with Crippen LogP contribution in [-0.2, 0) is 9.59 Å². The molecule has 2 amide bonds. The molecule has 2 aromatic heterocycles. The molecule has 0 bridgehead atoms. The normalized spacial score (nSPS) is 15.0. The van der Waals surface area contributed by atoms with Gasteiger partial charge in [0, 0.05) is 5.70 Å². The van der Waals surface area contributed by atoms with E-state index in [0.717, 1.165) is 10.2 Å². The molecule has 1 aliphatic rings. The number of dihydropyridines is 1. The van der Waals surface area contributed by atoms with Crippen molar-refractivity contribution in [3.05, 3.63) is 94.6 Å². The van der Waals surface area contributed by atoms with Gasteiger partial charge in [-0.25, -0.2) is 4.98 Å². The van der Waals surface area contributed by atoms with Crippen LogP contribution in [0.1, 0.15) is 25.5 Å². The van der Waals surface area contributed by atoms with Gasteiger partial charge in [0.25, 0.3) is 5.91 Å². The molecular formula is C29H25N5O4S2. The minimum Gasteiger partial charge on any atom is -0.492 e. The van der Waals surface area contributed by atoms with Gasteiger partial charge in [-0.1, -0.05) is 47.4 Å². The fourth-order valence-electron chi connectivity index (χ4n) is 4.33. The fraction of sp³-hybridized carbons (Fsp3) is 0.172. The minimum absolute atomic E-state index is 0.0271. The summed E-state index contributed by atoms with van der Waals surface area (Å²) in [5, 5.41) is 20.1. The summed E-state index contributed by atoms with van der Waals surface area (Å²) in [7, 11) is 0. The molecule has 11 heteroatoms. The van der Waals surface area contributed by atoms with Crippen molar-refractivity contribution in [3.63, 3.8) is 0 Å². The van der Waals surface area contributed by atoms with Gasteiger partial charge in [-0.2, -0.15) is 5.26 Å². The maximum Gasteiger partial charge on any atom is 0.256 e. The molecule has 202 valence electrons. The van der Waals surface area contributed by atoms with E-state index in [9.17, 15) is 14.9 Å². The maximum atomic E-state index is 13.6. The summed E-state index contributed by atoms with van der Waals surface area (Å²) in [4.78, 5) is 30.9. The highest BCUT2D eigenvalue weighted by Crippen LogP contribution is 2.41. The Balaban J connectivity index is 1.38. The first-order valence-corrected chi connectivity index (χ1v) is 14.3. The second-order valence-corrected chi connectivity index (χ2v) is 10.7. The Morgan fingerprint density at radius 1 is 1.15 bits per heavy atom. The summed E-state index contributed by atoms with van der Waals surface area (Å²) in [5.41, 5.74) is 2.52. The number of carbonyl (C=O) groups is 2. The van der Waals surface area contributed by atoms with Gasteiger partial charge in [-0.15, -0.1) is 0 Å². The van der Waals surface area contributed by atoms with Gasteiger partial charge in [0.2, 0.25) is 5.91 Å². The second kappa shape index (κ2) is 12.1. The highest BCUT2D eigenvalue weighted by Gasteiger charge is 2.36. The lowest BCUT2D eigenvalue weighted by molar-refractivity contribution is -0.114. The average molecular weight is 572 g/mol. The van der Waals surface area contributed by atoms with E-state index in [1.165, 1.54) is 29.4 Å². The topological polar surface area (TPSA) is 129 Å². The SMILES string of the molecule is CCOc1ccccc1NC(=O)CSC1=C(C#N)[C@@H](c2ccco2)C(C(=O)Nc2nc3ccccc3s2)=C(C)N1. The average Bonchev–Trinajstić information content (AvgIpc) is 3.62. The van der Waals surface area contributed by atoms with E-state index in [-0.39, 0.29) is 17.2 Å². The van der Waals surface area contributed by atoms with Gasteiger partial charge >= 0.3 is 0 Å². The fourth-order valence-corrected chi connectivity index (χ4v) is 6.09. The van der Waals surface area contributed by atoms with Gasteiger partial charge in [0.1, 0.15) is 11.5 Å². The van der Waals surface area contributed by atoms with E-state index in [4.69, 9.17) is 9.15 Å². The smallest absolute Gasteiger partial charge is 0.256 e. The first-order chi connectivity index (χ1) is 19.5. The van der Waals surface area contributed by atoms with E-state index in [1.54, 1.807) is 31.2 Å². The van der Waals surface area contributed by atoms with Crippen molar-refractivity contribution in [3.8, 4) is 11.8 Å². The number of rotatable bonds is 9. The molecule has 0 saturated carbocycles. The largest absolute Gasteiger partial charge is 0.492 e. The van der Waals surface area contributed by atoms with Crippen LogP contribution in [-0.4, -0.2) is 29.2 Å². The van der Waals surface area contributed by atoms with Crippen molar-refractivity contribution < 1.29 is 18.7 Å². The zero-order chi connectivity index (χ0) is 28.1. The summed E-state index contributed by atoms with van der Waals surface area (Å²) in [6, 6.07) is 20.5. The quantitative estimate of drug-likeness (QED) is 0.223. The summed E-state index contributed by atoms with van der Waals surface area (Å²) >= 11 is 2.55. The second-order valence-electron chi connectivity index (χ2n) is 8.67. The van der Waals surface area contributed by atoms with Crippen molar-refractivity contribution in [2.24, 2.45) is 0 Å². The molecular weight excluding hydrogens is 546 g/mol. The summed E-state index contributed by atoms with van der Waals surface area (Å²) in [6.07, 6.45) is 1.50. The number of aromatic nitrogens is 1. The van der Waals surface area contributed by atoms with E-state index in [0.29, 0.717) is 45.2 Å². The van der Waals surface area contributed by atoms with Crippen LogP contribution < -0.4 is 20.7 Å². The molecule has 1 atom stereocenters. The lowest BCUT2D eigenvalue weighted by Gasteiger charge is -2.28. The molecule has 3 N–H and O–H groups in total. The number of furan rings is 1. The maximum absolute atomic E-state index is 13.6.